The van der Waals surface area contributed by atoms with E-state index in [1.54, 1.807) is 0 Å². The zero-order chi connectivity index (χ0) is 11.4. The van der Waals surface area contributed by atoms with Crippen molar-refractivity contribution in [1.29, 1.82) is 0 Å². The number of hydrogen-bond donors (Lipinski definition) is 1. The number of aryl methyl sites for hydroxylation is 1. The van der Waals surface area contributed by atoms with Gasteiger partial charge in [0.25, 0.3) is 0 Å². The molecule has 0 aromatic carbocycles. The lowest BCUT2D eigenvalue weighted by molar-refractivity contribution is 0.0683. The molecule has 1 heterocycles. The molecule has 15 heavy (non-hydrogen) atoms. The smallest absolute Gasteiger partial charge is 0.354 e. The van der Waals surface area contributed by atoms with Crippen LogP contribution in [0.25, 0.3) is 0 Å². The van der Waals surface area contributed by atoms with Gasteiger partial charge >= 0.3 is 5.97 Å². The van der Waals surface area contributed by atoms with Crippen molar-refractivity contribution in [3.8, 4) is 0 Å². The van der Waals surface area contributed by atoms with Gasteiger partial charge in [-0.3, -0.25) is 0 Å². The number of rotatable bonds is 5. The summed E-state index contributed by atoms with van der Waals surface area (Å²) in [5.74, 6) is 0.405. The summed E-state index contributed by atoms with van der Waals surface area (Å²) in [6, 6.07) is 0. The van der Waals surface area contributed by atoms with Crippen molar-refractivity contribution in [2.75, 3.05) is 0 Å². The fourth-order valence-electron chi connectivity index (χ4n) is 1.58. The van der Waals surface area contributed by atoms with Gasteiger partial charge in [-0.05, 0) is 12.3 Å². The van der Waals surface area contributed by atoms with Crippen LogP contribution in [0.5, 0.6) is 0 Å². The van der Waals surface area contributed by atoms with Crippen molar-refractivity contribution in [3.05, 3.63) is 17.7 Å². The van der Waals surface area contributed by atoms with Gasteiger partial charge in [0.2, 0.25) is 0 Å². The van der Waals surface area contributed by atoms with Gasteiger partial charge in [0.1, 0.15) is 11.5 Å². The van der Waals surface area contributed by atoms with E-state index in [1.165, 1.54) is 6.20 Å². The van der Waals surface area contributed by atoms with Crippen molar-refractivity contribution in [3.63, 3.8) is 0 Å². The SMILES string of the molecule is CCCc1ncc(C(=O)O)n1CC(C)C. The molecule has 0 amide bonds. The van der Waals surface area contributed by atoms with Crippen LogP contribution in [0.15, 0.2) is 6.20 Å². The molecule has 1 rings (SSSR count). The summed E-state index contributed by atoms with van der Waals surface area (Å²) in [5, 5.41) is 9.00. The Balaban J connectivity index is 3.02. The molecule has 0 aliphatic rings. The third-order valence-electron chi connectivity index (χ3n) is 2.18. The number of carbonyl (C=O) groups is 1. The highest BCUT2D eigenvalue weighted by Crippen LogP contribution is 2.11. The molecule has 0 fully saturated rings. The molecule has 0 saturated carbocycles. The highest BCUT2D eigenvalue weighted by Gasteiger charge is 2.15. The quantitative estimate of drug-likeness (QED) is 0.810. The summed E-state index contributed by atoms with van der Waals surface area (Å²) in [6.45, 7) is 6.93. The zero-order valence-corrected chi connectivity index (χ0v) is 9.53. The molecular formula is C11H18N2O2. The standard InChI is InChI=1S/C11H18N2O2/c1-4-5-10-12-6-9(11(14)15)13(10)7-8(2)3/h6,8H,4-5,7H2,1-3H3,(H,14,15). The Hall–Kier alpha value is -1.32. The van der Waals surface area contributed by atoms with E-state index in [9.17, 15) is 4.79 Å². The van der Waals surface area contributed by atoms with Crippen LogP contribution in [0, 0.1) is 5.92 Å². The van der Waals surface area contributed by atoms with E-state index in [1.807, 2.05) is 4.57 Å². The van der Waals surface area contributed by atoms with Crippen LogP contribution >= 0.6 is 0 Å². The van der Waals surface area contributed by atoms with Gasteiger partial charge in [-0.1, -0.05) is 20.8 Å². The Labute approximate surface area is 89.9 Å². The summed E-state index contributed by atoms with van der Waals surface area (Å²) in [6.07, 6.45) is 3.27. The average molecular weight is 210 g/mol. The Kier molecular flexibility index (Phi) is 3.88. The number of hydrogen-bond acceptors (Lipinski definition) is 2. The highest BCUT2D eigenvalue weighted by atomic mass is 16.4. The second-order valence-corrected chi connectivity index (χ2v) is 4.12. The van der Waals surface area contributed by atoms with Gasteiger partial charge in [-0.25, -0.2) is 9.78 Å². The minimum atomic E-state index is -0.898. The van der Waals surface area contributed by atoms with E-state index in [2.05, 4.69) is 25.8 Å². The van der Waals surface area contributed by atoms with Crippen LogP contribution in [0.4, 0.5) is 0 Å². The molecule has 0 bridgehead atoms. The van der Waals surface area contributed by atoms with E-state index < -0.39 is 5.97 Å². The molecule has 0 aliphatic heterocycles. The molecule has 4 heteroatoms. The van der Waals surface area contributed by atoms with Crippen LogP contribution < -0.4 is 0 Å². The monoisotopic (exact) mass is 210 g/mol. The molecule has 1 N–H and O–H groups in total. The van der Waals surface area contributed by atoms with Crippen molar-refractivity contribution >= 4 is 5.97 Å². The molecule has 0 unspecified atom stereocenters. The highest BCUT2D eigenvalue weighted by molar-refractivity contribution is 5.85. The lowest BCUT2D eigenvalue weighted by atomic mass is 10.2. The maximum absolute atomic E-state index is 11.0. The van der Waals surface area contributed by atoms with E-state index in [-0.39, 0.29) is 0 Å². The third-order valence-corrected chi connectivity index (χ3v) is 2.18. The van der Waals surface area contributed by atoms with Gasteiger partial charge < -0.3 is 9.67 Å². The van der Waals surface area contributed by atoms with Crippen LogP contribution in [-0.2, 0) is 13.0 Å². The Morgan fingerprint density at radius 3 is 2.73 bits per heavy atom. The lowest BCUT2D eigenvalue weighted by Crippen LogP contribution is -2.14. The molecule has 0 saturated heterocycles. The normalized spacial score (nSPS) is 10.9. The first kappa shape index (κ1) is 11.8. The number of carboxylic acid groups (broad SMARTS) is 1. The summed E-state index contributed by atoms with van der Waals surface area (Å²) in [5.41, 5.74) is 0.298. The number of carboxylic acids is 1. The van der Waals surface area contributed by atoms with Gasteiger partial charge in [-0.15, -0.1) is 0 Å². The minimum Gasteiger partial charge on any atom is -0.477 e. The van der Waals surface area contributed by atoms with Crippen molar-refractivity contribution in [2.45, 2.75) is 40.2 Å². The van der Waals surface area contributed by atoms with Crippen LogP contribution in [0.3, 0.4) is 0 Å². The second kappa shape index (κ2) is 4.96. The Morgan fingerprint density at radius 1 is 1.60 bits per heavy atom. The topological polar surface area (TPSA) is 55.1 Å². The van der Waals surface area contributed by atoms with Crippen molar-refractivity contribution in [2.24, 2.45) is 5.92 Å². The lowest BCUT2D eigenvalue weighted by Gasteiger charge is -2.11. The van der Waals surface area contributed by atoms with E-state index in [4.69, 9.17) is 5.11 Å². The van der Waals surface area contributed by atoms with E-state index in [0.29, 0.717) is 11.6 Å². The zero-order valence-electron chi connectivity index (χ0n) is 9.53. The van der Waals surface area contributed by atoms with Crippen LogP contribution in [0.1, 0.15) is 43.5 Å². The van der Waals surface area contributed by atoms with Gasteiger partial charge in [0, 0.05) is 13.0 Å². The summed E-state index contributed by atoms with van der Waals surface area (Å²) in [4.78, 5) is 15.1. The molecule has 84 valence electrons. The fourth-order valence-corrected chi connectivity index (χ4v) is 1.58. The third kappa shape index (κ3) is 2.81. The molecule has 1 aromatic rings. The molecule has 1 aromatic heterocycles. The summed E-state index contributed by atoms with van der Waals surface area (Å²) < 4.78 is 1.82. The predicted molar refractivity (Wildman–Crippen MR) is 58.0 cm³/mol. The number of aromatic carboxylic acids is 1. The molecule has 4 nitrogen and oxygen atoms in total. The predicted octanol–water partition coefficient (Wildman–Crippen LogP) is 2.19. The average Bonchev–Trinajstić information content (AvgIpc) is 2.48. The fraction of sp³-hybridized carbons (Fsp3) is 0.636. The first-order chi connectivity index (χ1) is 7.06. The number of nitrogens with zero attached hydrogens (tertiary/aromatic N) is 2. The first-order valence-electron chi connectivity index (χ1n) is 5.34. The van der Waals surface area contributed by atoms with Gasteiger partial charge in [0.15, 0.2) is 0 Å². The van der Waals surface area contributed by atoms with Crippen LogP contribution in [-0.4, -0.2) is 20.6 Å². The maximum atomic E-state index is 11.0. The number of aromatic nitrogens is 2. The first-order valence-corrected chi connectivity index (χ1v) is 5.34. The molecule has 0 spiro atoms. The van der Waals surface area contributed by atoms with Crippen molar-refractivity contribution < 1.29 is 9.90 Å². The molecule has 0 atom stereocenters. The van der Waals surface area contributed by atoms with Gasteiger partial charge in [0.05, 0.1) is 6.20 Å². The summed E-state index contributed by atoms with van der Waals surface area (Å²) in [7, 11) is 0. The Morgan fingerprint density at radius 2 is 2.27 bits per heavy atom. The maximum Gasteiger partial charge on any atom is 0.354 e. The van der Waals surface area contributed by atoms with Gasteiger partial charge in [-0.2, -0.15) is 0 Å². The summed E-state index contributed by atoms with van der Waals surface area (Å²) >= 11 is 0. The Bertz CT molecular complexity index is 342. The second-order valence-electron chi connectivity index (χ2n) is 4.12. The molecule has 0 aliphatic carbocycles. The van der Waals surface area contributed by atoms with Crippen LogP contribution in [0.2, 0.25) is 0 Å². The largest absolute Gasteiger partial charge is 0.477 e. The number of imidazole rings is 1. The molecular weight excluding hydrogens is 192 g/mol. The minimum absolute atomic E-state index is 0.298. The molecule has 0 radical (unpaired) electrons. The van der Waals surface area contributed by atoms with E-state index in [0.717, 1.165) is 25.2 Å². The van der Waals surface area contributed by atoms with E-state index >= 15 is 0 Å². The van der Waals surface area contributed by atoms with Crippen molar-refractivity contribution in [1.82, 2.24) is 9.55 Å².